The normalized spacial score (nSPS) is 23.0. The van der Waals surface area contributed by atoms with Gasteiger partial charge in [-0.1, -0.05) is 18.2 Å². The molecule has 0 radical (unpaired) electrons. The first-order chi connectivity index (χ1) is 8.65. The van der Waals surface area contributed by atoms with Crippen molar-refractivity contribution in [2.45, 2.75) is 44.1 Å². The van der Waals surface area contributed by atoms with E-state index in [-0.39, 0.29) is 0 Å². The Morgan fingerprint density at radius 3 is 2.67 bits per heavy atom. The first kappa shape index (κ1) is 12.2. The Morgan fingerprint density at radius 2 is 1.89 bits per heavy atom. The molecule has 2 aliphatic rings. The molecule has 0 atom stereocenters. The van der Waals surface area contributed by atoms with Gasteiger partial charge in [0.2, 0.25) is 0 Å². The number of rotatable bonds is 2. The number of fused-ring (bicyclic) bond motifs is 1. The third-order valence-corrected chi connectivity index (χ3v) is 4.61. The zero-order valence-electron chi connectivity index (χ0n) is 11.3. The van der Waals surface area contributed by atoms with E-state index in [4.69, 9.17) is 0 Å². The molecule has 0 aromatic heterocycles. The number of likely N-dealkylation sites (tertiary alicyclic amines) is 1. The molecule has 18 heavy (non-hydrogen) atoms. The summed E-state index contributed by atoms with van der Waals surface area (Å²) >= 11 is 0. The number of aliphatic hydroxyl groups is 1. The van der Waals surface area contributed by atoms with E-state index in [2.05, 4.69) is 30.1 Å². The van der Waals surface area contributed by atoms with E-state index in [1.54, 1.807) is 0 Å². The minimum absolute atomic E-state index is 0.473. The average molecular weight is 245 g/mol. The lowest BCUT2D eigenvalue weighted by atomic mass is 9.85. The maximum Gasteiger partial charge on any atom is 0.0712 e. The molecule has 1 N–H and O–H groups in total. The molecule has 0 bridgehead atoms. The molecular weight excluding hydrogens is 222 g/mol. The summed E-state index contributed by atoms with van der Waals surface area (Å²) in [6.07, 6.45) is 6.40. The lowest BCUT2D eigenvalue weighted by Crippen LogP contribution is -2.44. The lowest BCUT2D eigenvalue weighted by molar-refractivity contribution is -0.0150. The number of benzene rings is 1. The van der Waals surface area contributed by atoms with Crippen LogP contribution in [-0.2, 0) is 19.3 Å². The third kappa shape index (κ3) is 2.45. The average Bonchev–Trinajstić information content (AvgIpc) is 2.81. The van der Waals surface area contributed by atoms with Crippen LogP contribution in [-0.4, -0.2) is 35.7 Å². The molecular formula is C16H23NO. The standard InChI is InChI=1S/C16H23NO/c1-17-9-7-16(18,8-10-17)12-13-5-6-14-3-2-4-15(14)11-13/h5-6,11,18H,2-4,7-10,12H2,1H3. The molecule has 1 aliphatic heterocycles. The second-order valence-corrected chi connectivity index (χ2v) is 6.16. The summed E-state index contributed by atoms with van der Waals surface area (Å²) in [5.74, 6) is 0. The Kier molecular flexibility index (Phi) is 3.16. The highest BCUT2D eigenvalue weighted by molar-refractivity contribution is 5.35. The van der Waals surface area contributed by atoms with Gasteiger partial charge in [0.15, 0.2) is 0 Å². The van der Waals surface area contributed by atoms with Crippen molar-refractivity contribution < 1.29 is 5.11 Å². The highest BCUT2D eigenvalue weighted by atomic mass is 16.3. The summed E-state index contributed by atoms with van der Waals surface area (Å²) in [5.41, 5.74) is 3.89. The third-order valence-electron chi connectivity index (χ3n) is 4.61. The lowest BCUT2D eigenvalue weighted by Gasteiger charge is -2.36. The first-order valence-electron chi connectivity index (χ1n) is 7.16. The number of nitrogens with zero attached hydrogens (tertiary/aromatic N) is 1. The van der Waals surface area contributed by atoms with Gasteiger partial charge in [-0.3, -0.25) is 0 Å². The van der Waals surface area contributed by atoms with E-state index in [0.29, 0.717) is 0 Å². The van der Waals surface area contributed by atoms with Crippen molar-refractivity contribution >= 4 is 0 Å². The Bertz CT molecular complexity index is 433. The topological polar surface area (TPSA) is 23.5 Å². The van der Waals surface area contributed by atoms with Crippen LogP contribution in [0.25, 0.3) is 0 Å². The molecule has 3 rings (SSSR count). The van der Waals surface area contributed by atoms with Crippen molar-refractivity contribution in [1.29, 1.82) is 0 Å². The number of hydrogen-bond acceptors (Lipinski definition) is 2. The van der Waals surface area contributed by atoms with Crippen molar-refractivity contribution in [3.63, 3.8) is 0 Å². The summed E-state index contributed by atoms with van der Waals surface area (Å²) in [6, 6.07) is 6.83. The summed E-state index contributed by atoms with van der Waals surface area (Å²) in [5, 5.41) is 10.7. The zero-order chi connectivity index (χ0) is 12.6. The second-order valence-electron chi connectivity index (χ2n) is 6.16. The fourth-order valence-electron chi connectivity index (χ4n) is 3.33. The molecule has 1 fully saturated rings. The van der Waals surface area contributed by atoms with Gasteiger partial charge in [0.25, 0.3) is 0 Å². The molecule has 2 nitrogen and oxygen atoms in total. The van der Waals surface area contributed by atoms with Gasteiger partial charge in [0, 0.05) is 19.5 Å². The van der Waals surface area contributed by atoms with Gasteiger partial charge in [0.1, 0.15) is 0 Å². The molecule has 98 valence electrons. The van der Waals surface area contributed by atoms with Crippen molar-refractivity contribution in [1.82, 2.24) is 4.90 Å². The van der Waals surface area contributed by atoms with Gasteiger partial charge in [-0.25, -0.2) is 0 Å². The van der Waals surface area contributed by atoms with E-state index < -0.39 is 5.60 Å². The van der Waals surface area contributed by atoms with Crippen molar-refractivity contribution in [3.8, 4) is 0 Å². The molecule has 0 spiro atoms. The van der Waals surface area contributed by atoms with Crippen LogP contribution in [0.1, 0.15) is 36.0 Å². The van der Waals surface area contributed by atoms with E-state index in [1.165, 1.54) is 36.0 Å². The Morgan fingerprint density at radius 1 is 1.17 bits per heavy atom. The quantitative estimate of drug-likeness (QED) is 0.863. The van der Waals surface area contributed by atoms with Crippen LogP contribution in [0.3, 0.4) is 0 Å². The van der Waals surface area contributed by atoms with Gasteiger partial charge < -0.3 is 10.0 Å². The summed E-state index contributed by atoms with van der Waals surface area (Å²) in [6.45, 7) is 2.03. The van der Waals surface area contributed by atoms with E-state index in [9.17, 15) is 5.11 Å². The molecule has 0 saturated carbocycles. The molecule has 1 aromatic rings. The Hall–Kier alpha value is -0.860. The second kappa shape index (κ2) is 4.67. The Balaban J connectivity index is 1.72. The largest absolute Gasteiger partial charge is 0.389 e. The number of aryl methyl sites for hydroxylation is 2. The van der Waals surface area contributed by atoms with Crippen LogP contribution in [0.2, 0.25) is 0 Å². The van der Waals surface area contributed by atoms with Gasteiger partial charge in [-0.15, -0.1) is 0 Å². The van der Waals surface area contributed by atoms with Crippen LogP contribution in [0.4, 0.5) is 0 Å². The Labute approximate surface area is 110 Å². The predicted molar refractivity (Wildman–Crippen MR) is 73.9 cm³/mol. The first-order valence-corrected chi connectivity index (χ1v) is 7.16. The van der Waals surface area contributed by atoms with Gasteiger partial charge in [0.05, 0.1) is 5.60 Å². The van der Waals surface area contributed by atoms with Crippen LogP contribution in [0.15, 0.2) is 18.2 Å². The van der Waals surface area contributed by atoms with Crippen molar-refractivity contribution in [3.05, 3.63) is 34.9 Å². The highest BCUT2D eigenvalue weighted by Gasteiger charge is 2.31. The van der Waals surface area contributed by atoms with E-state index >= 15 is 0 Å². The van der Waals surface area contributed by atoms with Gasteiger partial charge in [-0.05, 0) is 55.8 Å². The fourth-order valence-corrected chi connectivity index (χ4v) is 3.33. The summed E-state index contributed by atoms with van der Waals surface area (Å²) in [7, 11) is 2.13. The van der Waals surface area contributed by atoms with Gasteiger partial charge >= 0.3 is 0 Å². The van der Waals surface area contributed by atoms with Crippen LogP contribution in [0, 0.1) is 0 Å². The summed E-state index contributed by atoms with van der Waals surface area (Å²) in [4.78, 5) is 2.30. The van der Waals surface area contributed by atoms with Gasteiger partial charge in [-0.2, -0.15) is 0 Å². The predicted octanol–water partition coefficient (Wildman–Crippen LogP) is 2.17. The van der Waals surface area contributed by atoms with E-state index in [1.807, 2.05) is 0 Å². The minimum atomic E-state index is -0.473. The maximum atomic E-state index is 10.7. The smallest absolute Gasteiger partial charge is 0.0712 e. The molecule has 0 unspecified atom stereocenters. The number of hydrogen-bond donors (Lipinski definition) is 1. The summed E-state index contributed by atoms with van der Waals surface area (Å²) < 4.78 is 0. The minimum Gasteiger partial charge on any atom is -0.389 e. The fraction of sp³-hybridized carbons (Fsp3) is 0.625. The molecule has 1 aromatic carbocycles. The molecule has 1 heterocycles. The molecule has 1 saturated heterocycles. The van der Waals surface area contributed by atoms with Crippen LogP contribution < -0.4 is 0 Å². The van der Waals surface area contributed by atoms with Crippen LogP contribution >= 0.6 is 0 Å². The van der Waals surface area contributed by atoms with Crippen LogP contribution in [0.5, 0.6) is 0 Å². The van der Waals surface area contributed by atoms with Crippen molar-refractivity contribution in [2.75, 3.05) is 20.1 Å². The molecule has 1 aliphatic carbocycles. The monoisotopic (exact) mass is 245 g/mol. The molecule has 2 heteroatoms. The molecule has 0 amide bonds. The highest BCUT2D eigenvalue weighted by Crippen LogP contribution is 2.28. The SMILES string of the molecule is CN1CCC(O)(Cc2ccc3c(c2)CCC3)CC1. The van der Waals surface area contributed by atoms with Crippen molar-refractivity contribution in [2.24, 2.45) is 0 Å². The number of piperidine rings is 1. The maximum absolute atomic E-state index is 10.7. The van der Waals surface area contributed by atoms with E-state index in [0.717, 1.165) is 32.4 Å². The zero-order valence-corrected chi connectivity index (χ0v) is 11.3.